The minimum absolute atomic E-state index is 0.0709. The number of carbonyl (C=O) groups excluding carboxylic acids is 1. The molecule has 0 spiro atoms. The van der Waals surface area contributed by atoms with Crippen LogP contribution < -0.4 is 10.1 Å². The summed E-state index contributed by atoms with van der Waals surface area (Å²) in [6.07, 6.45) is 3.58. The number of alkyl halides is 3. The van der Waals surface area contributed by atoms with Crippen molar-refractivity contribution in [3.8, 4) is 5.75 Å². The first-order valence-electron chi connectivity index (χ1n) is 12.0. The zero-order chi connectivity index (χ0) is 23.2. The summed E-state index contributed by atoms with van der Waals surface area (Å²) in [5, 5.41) is 4.01. The predicted octanol–water partition coefficient (Wildman–Crippen LogP) is 5.59. The summed E-state index contributed by atoms with van der Waals surface area (Å²) in [4.78, 5) is 17.4. The van der Waals surface area contributed by atoms with Crippen LogP contribution in [0.1, 0.15) is 45.4 Å². The van der Waals surface area contributed by atoms with Crippen molar-refractivity contribution in [3.05, 3.63) is 24.4 Å². The van der Waals surface area contributed by atoms with E-state index in [1.54, 1.807) is 4.90 Å². The van der Waals surface area contributed by atoms with Gasteiger partial charge >= 0.3 is 6.18 Å². The molecule has 5 rings (SSSR count). The highest BCUT2D eigenvalue weighted by Gasteiger charge is 2.43. The summed E-state index contributed by atoms with van der Waals surface area (Å²) >= 11 is 0. The van der Waals surface area contributed by atoms with E-state index in [9.17, 15) is 18.0 Å². The maximum absolute atomic E-state index is 12.6. The smallest absolute Gasteiger partial charge is 0.401 e. The van der Waals surface area contributed by atoms with Gasteiger partial charge in [0.2, 0.25) is 5.91 Å². The molecule has 180 valence electrons. The van der Waals surface area contributed by atoms with Crippen LogP contribution in [0.25, 0.3) is 10.9 Å². The maximum atomic E-state index is 12.6. The molecule has 3 fully saturated rings. The first-order chi connectivity index (χ1) is 15.7. The molecule has 8 heteroatoms. The third-order valence-corrected chi connectivity index (χ3v) is 8.03. The number of fused-ring (bicyclic) bond motifs is 2. The van der Waals surface area contributed by atoms with E-state index in [0.717, 1.165) is 60.9 Å². The number of rotatable bonds is 7. The van der Waals surface area contributed by atoms with Crippen molar-refractivity contribution in [2.75, 3.05) is 31.6 Å². The number of aromatic nitrogens is 1. The molecule has 2 aromatic rings. The van der Waals surface area contributed by atoms with Crippen LogP contribution in [0.2, 0.25) is 0 Å². The number of halogens is 3. The lowest BCUT2D eigenvalue weighted by Crippen LogP contribution is -2.39. The number of benzene rings is 1. The van der Waals surface area contributed by atoms with Crippen molar-refractivity contribution in [1.82, 2.24) is 9.88 Å². The molecule has 0 radical (unpaired) electrons. The second kappa shape index (κ2) is 8.53. The fraction of sp³-hybridized carbons (Fsp3) is 0.640. The van der Waals surface area contributed by atoms with Gasteiger partial charge in [-0.05, 0) is 68.1 Å². The lowest BCUT2D eigenvalue weighted by atomic mass is 9.70. The molecule has 1 aromatic carbocycles. The number of hydrogen-bond acceptors (Lipinski definition) is 3. The summed E-state index contributed by atoms with van der Waals surface area (Å²) in [5.41, 5.74) is 1.46. The Morgan fingerprint density at radius 2 is 1.97 bits per heavy atom. The van der Waals surface area contributed by atoms with Gasteiger partial charge in [0.15, 0.2) is 0 Å². The highest BCUT2D eigenvalue weighted by atomic mass is 19.4. The number of amides is 1. The summed E-state index contributed by atoms with van der Waals surface area (Å²) in [7, 11) is 0. The van der Waals surface area contributed by atoms with Gasteiger partial charge in [-0.15, -0.1) is 0 Å². The normalized spacial score (nSPS) is 26.8. The molecule has 1 aliphatic heterocycles. The molecule has 2 aliphatic carbocycles. The molecule has 1 amide bonds. The summed E-state index contributed by atoms with van der Waals surface area (Å²) in [5.74, 6) is 2.13. The van der Waals surface area contributed by atoms with E-state index in [2.05, 4.69) is 10.3 Å². The second-order valence-electron chi connectivity index (χ2n) is 10.6. The van der Waals surface area contributed by atoms with Crippen molar-refractivity contribution in [2.24, 2.45) is 23.2 Å². The van der Waals surface area contributed by atoms with Crippen LogP contribution in [0, 0.1) is 23.2 Å². The van der Waals surface area contributed by atoms with Crippen LogP contribution >= 0.6 is 0 Å². The van der Waals surface area contributed by atoms with E-state index in [4.69, 9.17) is 4.74 Å². The summed E-state index contributed by atoms with van der Waals surface area (Å²) < 4.78 is 44.0. The van der Waals surface area contributed by atoms with Gasteiger partial charge in [0.25, 0.3) is 0 Å². The first-order valence-corrected chi connectivity index (χ1v) is 12.0. The van der Waals surface area contributed by atoms with Crippen molar-refractivity contribution in [2.45, 2.75) is 51.6 Å². The molecule has 3 atom stereocenters. The number of likely N-dealkylation sites (tertiary alicyclic amines) is 1. The van der Waals surface area contributed by atoms with Gasteiger partial charge in [-0.3, -0.25) is 9.69 Å². The van der Waals surface area contributed by atoms with Gasteiger partial charge in [0.1, 0.15) is 5.75 Å². The monoisotopic (exact) mass is 463 g/mol. The highest BCUT2D eigenvalue weighted by molar-refractivity contribution is 6.04. The van der Waals surface area contributed by atoms with E-state index in [1.807, 2.05) is 31.3 Å². The summed E-state index contributed by atoms with van der Waals surface area (Å²) in [6.45, 7) is 2.96. The molecular weight excluding hydrogens is 431 g/mol. The number of nitrogens with zero attached hydrogens (tertiary/aromatic N) is 1. The molecular formula is C25H32F3N3O2. The van der Waals surface area contributed by atoms with Crippen molar-refractivity contribution >= 4 is 22.5 Å². The Kier molecular flexibility index (Phi) is 5.83. The van der Waals surface area contributed by atoms with E-state index in [1.165, 1.54) is 0 Å². The van der Waals surface area contributed by atoms with E-state index in [-0.39, 0.29) is 11.3 Å². The number of nitrogens with one attached hydrogen (secondary N) is 2. The average Bonchev–Trinajstić information content (AvgIpc) is 3.38. The molecule has 1 aromatic heterocycles. The Balaban J connectivity index is 1.12. The van der Waals surface area contributed by atoms with E-state index in [0.29, 0.717) is 37.5 Å². The number of H-pyrrole nitrogens is 1. The predicted molar refractivity (Wildman–Crippen MR) is 121 cm³/mol. The third kappa shape index (κ3) is 4.86. The standard InChI is InChI=1S/C25H32F3N3O2/c1-24(6-2-7-24)23(32)30-22-12-29-21-4-3-19(11-20(21)22)33-8-5-16-9-17-13-31(14-18(17)10-16)15-25(26,27)28/h3-4,11-12,16-18,29H,2,5-10,13-15H2,1H3,(H,30,32)/t16?,17-,18+. The van der Waals surface area contributed by atoms with Crippen LogP contribution in [0.3, 0.4) is 0 Å². The van der Waals surface area contributed by atoms with Gasteiger partial charge in [0.05, 0.1) is 18.8 Å². The Labute approximate surface area is 192 Å². The lowest BCUT2D eigenvalue weighted by molar-refractivity contribution is -0.144. The van der Waals surface area contributed by atoms with Crippen molar-refractivity contribution < 1.29 is 22.7 Å². The molecule has 2 heterocycles. The van der Waals surface area contributed by atoms with Crippen molar-refractivity contribution in [1.29, 1.82) is 0 Å². The molecule has 3 aliphatic rings. The SMILES string of the molecule is CC1(C(=O)Nc2c[nH]c3ccc(OCCC4C[C@@H]5CN(CC(F)(F)F)C[C@@H]5C4)cc23)CCC1. The summed E-state index contributed by atoms with van der Waals surface area (Å²) in [6, 6.07) is 5.85. The fourth-order valence-corrected chi connectivity index (χ4v) is 5.98. The van der Waals surface area contributed by atoms with Crippen molar-refractivity contribution in [3.63, 3.8) is 0 Å². The minimum Gasteiger partial charge on any atom is -0.494 e. The van der Waals surface area contributed by atoms with Gasteiger partial charge in [-0.1, -0.05) is 13.3 Å². The van der Waals surface area contributed by atoms with Gasteiger partial charge in [-0.25, -0.2) is 0 Å². The molecule has 5 nitrogen and oxygen atoms in total. The molecule has 1 unspecified atom stereocenters. The Morgan fingerprint density at radius 3 is 2.61 bits per heavy atom. The van der Waals surface area contributed by atoms with Gasteiger partial charge < -0.3 is 15.0 Å². The zero-order valence-electron chi connectivity index (χ0n) is 19.0. The maximum Gasteiger partial charge on any atom is 0.401 e. The van der Waals surface area contributed by atoms with E-state index >= 15 is 0 Å². The first kappa shape index (κ1) is 22.6. The number of ether oxygens (including phenoxy) is 1. The largest absolute Gasteiger partial charge is 0.494 e. The average molecular weight is 464 g/mol. The highest BCUT2D eigenvalue weighted by Crippen LogP contribution is 2.44. The third-order valence-electron chi connectivity index (χ3n) is 8.03. The van der Waals surface area contributed by atoms with Crippen LogP contribution in [0.4, 0.5) is 18.9 Å². The number of anilines is 1. The van der Waals surface area contributed by atoms with E-state index < -0.39 is 12.7 Å². The Morgan fingerprint density at radius 1 is 1.24 bits per heavy atom. The van der Waals surface area contributed by atoms with Crippen LogP contribution in [0.15, 0.2) is 24.4 Å². The Bertz CT molecular complexity index is 1000. The quantitative estimate of drug-likeness (QED) is 0.563. The van der Waals surface area contributed by atoms with Gasteiger partial charge in [0, 0.05) is 35.6 Å². The number of hydrogen-bond donors (Lipinski definition) is 2. The molecule has 33 heavy (non-hydrogen) atoms. The number of carbonyl (C=O) groups is 1. The second-order valence-corrected chi connectivity index (χ2v) is 10.6. The van der Waals surface area contributed by atoms with Crippen LogP contribution in [-0.2, 0) is 4.79 Å². The molecule has 0 bridgehead atoms. The fourth-order valence-electron chi connectivity index (χ4n) is 5.98. The topological polar surface area (TPSA) is 57.4 Å². The molecule has 1 saturated heterocycles. The number of aromatic amines is 1. The Hall–Kier alpha value is -2.22. The van der Waals surface area contributed by atoms with Crippen LogP contribution in [0.5, 0.6) is 5.75 Å². The lowest BCUT2D eigenvalue weighted by Gasteiger charge is -2.36. The molecule has 2 N–H and O–H groups in total. The minimum atomic E-state index is -4.11. The molecule has 2 saturated carbocycles. The van der Waals surface area contributed by atoms with Crippen LogP contribution in [-0.4, -0.2) is 48.2 Å². The van der Waals surface area contributed by atoms with Gasteiger partial charge in [-0.2, -0.15) is 13.2 Å². The zero-order valence-corrected chi connectivity index (χ0v) is 19.0.